The second-order valence-electron chi connectivity index (χ2n) is 4.55. The Hall–Kier alpha value is -2.24. The summed E-state index contributed by atoms with van der Waals surface area (Å²) in [5.41, 5.74) is 5.95. The van der Waals surface area contributed by atoms with Gasteiger partial charge in [-0.1, -0.05) is 6.92 Å². The van der Waals surface area contributed by atoms with Crippen LogP contribution in [0.4, 0.5) is 26.1 Å². The van der Waals surface area contributed by atoms with Crippen LogP contribution in [0.3, 0.4) is 0 Å². The van der Waals surface area contributed by atoms with Gasteiger partial charge in [-0.25, -0.2) is 18.7 Å². The Labute approximate surface area is 116 Å². The van der Waals surface area contributed by atoms with Crippen molar-refractivity contribution in [1.29, 1.82) is 0 Å². The number of hydrogen-bond acceptors (Lipinski definition) is 4. The Morgan fingerprint density at radius 2 is 1.90 bits per heavy atom. The Bertz CT molecular complexity index is 629. The monoisotopic (exact) mass is 278 g/mol. The molecule has 0 radical (unpaired) electrons. The summed E-state index contributed by atoms with van der Waals surface area (Å²) in [6.45, 7) is 3.50. The number of hydrogen-bond donors (Lipinski definition) is 2. The highest BCUT2D eigenvalue weighted by molar-refractivity contribution is 5.59. The first-order valence-electron chi connectivity index (χ1n) is 6.35. The molecule has 3 N–H and O–H groups in total. The molecule has 0 unspecified atom stereocenters. The number of benzene rings is 1. The van der Waals surface area contributed by atoms with Gasteiger partial charge in [-0.15, -0.1) is 0 Å². The maximum absolute atomic E-state index is 13.8. The van der Waals surface area contributed by atoms with Crippen molar-refractivity contribution >= 4 is 17.3 Å². The van der Waals surface area contributed by atoms with Gasteiger partial charge in [-0.05, 0) is 25.0 Å². The fourth-order valence-corrected chi connectivity index (χ4v) is 1.80. The zero-order valence-electron chi connectivity index (χ0n) is 11.4. The van der Waals surface area contributed by atoms with E-state index in [0.717, 1.165) is 18.6 Å². The molecule has 4 nitrogen and oxygen atoms in total. The molecule has 1 aromatic heterocycles. The Kier molecular flexibility index (Phi) is 4.12. The lowest BCUT2D eigenvalue weighted by Gasteiger charge is -2.10. The van der Waals surface area contributed by atoms with Crippen LogP contribution in [0.2, 0.25) is 0 Å². The molecule has 0 atom stereocenters. The van der Waals surface area contributed by atoms with E-state index in [1.54, 1.807) is 0 Å². The summed E-state index contributed by atoms with van der Waals surface area (Å²) >= 11 is 0. The van der Waals surface area contributed by atoms with Crippen LogP contribution in [-0.2, 0) is 6.42 Å². The first-order valence-corrected chi connectivity index (χ1v) is 6.35. The van der Waals surface area contributed by atoms with E-state index < -0.39 is 11.6 Å². The quantitative estimate of drug-likeness (QED) is 0.900. The van der Waals surface area contributed by atoms with E-state index in [0.29, 0.717) is 23.9 Å². The van der Waals surface area contributed by atoms with Gasteiger partial charge in [0, 0.05) is 18.6 Å². The molecule has 0 bridgehead atoms. The molecule has 2 rings (SSSR count). The summed E-state index contributed by atoms with van der Waals surface area (Å²) in [6, 6.07) is 3.72. The van der Waals surface area contributed by atoms with Crippen LogP contribution in [0, 0.1) is 18.6 Å². The van der Waals surface area contributed by atoms with E-state index in [1.807, 2.05) is 6.92 Å². The zero-order chi connectivity index (χ0) is 14.7. The zero-order valence-corrected chi connectivity index (χ0v) is 11.4. The third kappa shape index (κ3) is 3.20. The molecule has 0 fully saturated rings. The van der Waals surface area contributed by atoms with Crippen LogP contribution in [0.1, 0.15) is 24.7 Å². The molecule has 1 aromatic carbocycles. The summed E-state index contributed by atoms with van der Waals surface area (Å²) in [7, 11) is 0. The minimum absolute atomic E-state index is 0.0219. The molecule has 1 heterocycles. The highest BCUT2D eigenvalue weighted by Crippen LogP contribution is 2.23. The average Bonchev–Trinajstić information content (AvgIpc) is 2.35. The smallest absolute Gasteiger partial charge is 0.147 e. The summed E-state index contributed by atoms with van der Waals surface area (Å²) in [5.74, 6) is 0.188. The first kappa shape index (κ1) is 14.2. The van der Waals surface area contributed by atoms with Crippen molar-refractivity contribution in [2.24, 2.45) is 0 Å². The van der Waals surface area contributed by atoms with Crippen molar-refractivity contribution in [2.45, 2.75) is 26.7 Å². The average molecular weight is 278 g/mol. The van der Waals surface area contributed by atoms with Crippen LogP contribution in [0.25, 0.3) is 0 Å². The lowest BCUT2D eigenvalue weighted by molar-refractivity contribution is 0.595. The highest BCUT2D eigenvalue weighted by atomic mass is 19.1. The predicted octanol–water partition coefficient (Wildman–Crippen LogP) is 3.34. The van der Waals surface area contributed by atoms with Gasteiger partial charge in [0.1, 0.15) is 29.1 Å². The second kappa shape index (κ2) is 5.81. The fourth-order valence-electron chi connectivity index (χ4n) is 1.80. The van der Waals surface area contributed by atoms with E-state index in [9.17, 15) is 8.78 Å². The first-order chi connectivity index (χ1) is 9.49. The summed E-state index contributed by atoms with van der Waals surface area (Å²) in [5, 5.41) is 2.73. The maximum Gasteiger partial charge on any atom is 0.147 e. The molecule has 0 aliphatic heterocycles. The fraction of sp³-hybridized carbons (Fsp3) is 0.286. The summed E-state index contributed by atoms with van der Waals surface area (Å²) in [4.78, 5) is 8.30. The largest absolute Gasteiger partial charge is 0.384 e. The van der Waals surface area contributed by atoms with Crippen molar-refractivity contribution in [3.63, 3.8) is 0 Å². The van der Waals surface area contributed by atoms with E-state index >= 15 is 0 Å². The van der Waals surface area contributed by atoms with E-state index in [4.69, 9.17) is 5.73 Å². The van der Waals surface area contributed by atoms with Gasteiger partial charge in [0.2, 0.25) is 0 Å². The second-order valence-corrected chi connectivity index (χ2v) is 4.55. The lowest BCUT2D eigenvalue weighted by atomic mass is 10.2. The molecule has 0 spiro atoms. The molecular formula is C14H16F2N4. The molecule has 6 heteroatoms. The number of nitrogen functional groups attached to an aromatic ring is 1. The molecule has 20 heavy (non-hydrogen) atoms. The van der Waals surface area contributed by atoms with Crippen molar-refractivity contribution in [3.05, 3.63) is 41.2 Å². The van der Waals surface area contributed by atoms with Gasteiger partial charge in [0.15, 0.2) is 0 Å². The number of nitrogens with zero attached hydrogens (tertiary/aromatic N) is 2. The van der Waals surface area contributed by atoms with Crippen LogP contribution < -0.4 is 11.1 Å². The summed E-state index contributed by atoms with van der Waals surface area (Å²) < 4.78 is 27.2. The molecular weight excluding hydrogens is 262 g/mol. The van der Waals surface area contributed by atoms with Crippen LogP contribution in [0.15, 0.2) is 18.2 Å². The van der Waals surface area contributed by atoms with Gasteiger partial charge in [-0.3, -0.25) is 0 Å². The third-order valence-corrected chi connectivity index (χ3v) is 2.78. The van der Waals surface area contributed by atoms with Gasteiger partial charge >= 0.3 is 0 Å². The number of anilines is 3. The molecule has 0 aliphatic carbocycles. The van der Waals surface area contributed by atoms with Crippen LogP contribution in [0.5, 0.6) is 0 Å². The Morgan fingerprint density at radius 3 is 2.60 bits per heavy atom. The van der Waals surface area contributed by atoms with Crippen molar-refractivity contribution in [1.82, 2.24) is 9.97 Å². The van der Waals surface area contributed by atoms with Gasteiger partial charge in [0.05, 0.1) is 5.69 Å². The minimum atomic E-state index is -0.543. The van der Waals surface area contributed by atoms with Crippen LogP contribution in [-0.4, -0.2) is 9.97 Å². The molecule has 0 saturated heterocycles. The molecule has 2 aromatic rings. The Morgan fingerprint density at radius 1 is 1.15 bits per heavy atom. The van der Waals surface area contributed by atoms with Gasteiger partial charge in [-0.2, -0.15) is 0 Å². The van der Waals surface area contributed by atoms with Crippen molar-refractivity contribution in [3.8, 4) is 0 Å². The number of rotatable bonds is 4. The normalized spacial score (nSPS) is 10.6. The van der Waals surface area contributed by atoms with E-state index in [2.05, 4.69) is 15.3 Å². The number of nitrogens with two attached hydrogens (primary N) is 1. The summed E-state index contributed by atoms with van der Waals surface area (Å²) in [6.07, 6.45) is 1.54. The van der Waals surface area contributed by atoms with Crippen molar-refractivity contribution < 1.29 is 8.78 Å². The highest BCUT2D eigenvalue weighted by Gasteiger charge is 2.09. The topological polar surface area (TPSA) is 63.8 Å². The van der Waals surface area contributed by atoms with Gasteiger partial charge in [0.25, 0.3) is 0 Å². The number of nitrogens with one attached hydrogen (secondary N) is 1. The molecule has 0 aliphatic rings. The third-order valence-electron chi connectivity index (χ3n) is 2.78. The number of aromatic nitrogens is 2. The maximum atomic E-state index is 13.8. The number of aryl methyl sites for hydroxylation is 2. The molecule has 106 valence electrons. The van der Waals surface area contributed by atoms with Crippen molar-refractivity contribution in [2.75, 3.05) is 11.1 Å². The standard InChI is InChI=1S/C14H16F2N4/c1-3-4-13-19-12(17)7-14(20-13)18-11-6-9(15)8(2)5-10(11)16/h5-7H,3-4H2,1-2H3,(H3,17,18,19,20). The van der Waals surface area contributed by atoms with E-state index in [-0.39, 0.29) is 11.3 Å². The predicted molar refractivity (Wildman–Crippen MR) is 74.8 cm³/mol. The molecule has 0 amide bonds. The molecule has 0 saturated carbocycles. The van der Waals surface area contributed by atoms with E-state index in [1.165, 1.54) is 13.0 Å². The van der Waals surface area contributed by atoms with Gasteiger partial charge < -0.3 is 11.1 Å². The van der Waals surface area contributed by atoms with Crippen LogP contribution >= 0.6 is 0 Å². The SMILES string of the molecule is CCCc1nc(N)cc(Nc2cc(F)c(C)cc2F)n1. The minimum Gasteiger partial charge on any atom is -0.384 e. The lowest BCUT2D eigenvalue weighted by Crippen LogP contribution is -2.04. The number of halogens is 2. The Balaban J connectivity index is 2.32.